The second-order valence-corrected chi connectivity index (χ2v) is 4.97. The van der Waals surface area contributed by atoms with Crippen molar-refractivity contribution in [1.82, 2.24) is 9.97 Å². The van der Waals surface area contributed by atoms with Gasteiger partial charge in [0.25, 0.3) is 0 Å². The topological polar surface area (TPSA) is 55.0 Å². The molecule has 2 N–H and O–H groups in total. The van der Waals surface area contributed by atoms with E-state index in [4.69, 9.17) is 5.73 Å². The Bertz CT molecular complexity index is 358. The molecule has 0 aromatic carbocycles. The largest absolute Gasteiger partial charge is 0.368 e. The van der Waals surface area contributed by atoms with Crippen LogP contribution in [0, 0.1) is 5.92 Å². The van der Waals surface area contributed by atoms with Crippen LogP contribution in [0.3, 0.4) is 0 Å². The molecule has 0 unspecified atom stereocenters. The van der Waals surface area contributed by atoms with E-state index in [9.17, 15) is 0 Å². The van der Waals surface area contributed by atoms with E-state index in [0.29, 0.717) is 12.0 Å². The fourth-order valence-corrected chi connectivity index (χ4v) is 2.69. The van der Waals surface area contributed by atoms with Crippen LogP contribution in [0.1, 0.15) is 39.0 Å². The molecule has 0 amide bonds. The van der Waals surface area contributed by atoms with Gasteiger partial charge >= 0.3 is 0 Å². The van der Waals surface area contributed by atoms with Gasteiger partial charge in [-0.1, -0.05) is 13.3 Å². The Morgan fingerprint density at radius 2 is 2.06 bits per heavy atom. The minimum absolute atomic E-state index is 0.358. The zero-order chi connectivity index (χ0) is 12.3. The van der Waals surface area contributed by atoms with Crippen LogP contribution >= 0.6 is 0 Å². The fraction of sp³-hybridized carbons (Fsp3) is 0.692. The van der Waals surface area contributed by atoms with Crippen molar-refractivity contribution in [2.75, 3.05) is 17.7 Å². The van der Waals surface area contributed by atoms with Crippen LogP contribution in [0.25, 0.3) is 0 Å². The van der Waals surface area contributed by atoms with Crippen molar-refractivity contribution >= 4 is 11.8 Å². The third-order valence-electron chi connectivity index (χ3n) is 3.96. The molecule has 1 aromatic rings. The lowest BCUT2D eigenvalue weighted by atomic mass is 9.84. The van der Waals surface area contributed by atoms with Gasteiger partial charge in [-0.25, -0.2) is 4.98 Å². The molecule has 1 aliphatic carbocycles. The Kier molecular flexibility index (Phi) is 3.82. The number of rotatable bonds is 3. The monoisotopic (exact) mass is 234 g/mol. The van der Waals surface area contributed by atoms with Gasteiger partial charge in [0.2, 0.25) is 5.95 Å². The van der Waals surface area contributed by atoms with Gasteiger partial charge in [0.15, 0.2) is 0 Å². The summed E-state index contributed by atoms with van der Waals surface area (Å²) in [5.41, 5.74) is 5.62. The lowest BCUT2D eigenvalue weighted by molar-refractivity contribution is 0.313. The van der Waals surface area contributed by atoms with Crippen LogP contribution in [-0.2, 0) is 0 Å². The van der Waals surface area contributed by atoms with Gasteiger partial charge in [0.1, 0.15) is 5.82 Å². The van der Waals surface area contributed by atoms with Crippen LogP contribution in [-0.4, -0.2) is 23.1 Å². The molecule has 1 fully saturated rings. The summed E-state index contributed by atoms with van der Waals surface area (Å²) in [5.74, 6) is 2.23. The summed E-state index contributed by atoms with van der Waals surface area (Å²) in [5, 5.41) is 0. The Hall–Kier alpha value is -1.32. The molecule has 2 rings (SSSR count). The predicted octanol–water partition coefficient (Wildman–Crippen LogP) is 2.46. The van der Waals surface area contributed by atoms with E-state index in [0.717, 1.165) is 11.7 Å². The highest BCUT2D eigenvalue weighted by atomic mass is 15.2. The zero-order valence-electron chi connectivity index (χ0n) is 10.8. The van der Waals surface area contributed by atoms with Crippen LogP contribution in [0.2, 0.25) is 0 Å². The SMILES string of the molecule is CCC1CCC(N(C)c2ccnc(N)n2)CC1. The number of nitrogen functional groups attached to an aromatic ring is 1. The standard InChI is InChI=1S/C13H22N4/c1-3-10-4-6-11(7-5-10)17(2)12-8-9-15-13(14)16-12/h8-11H,3-7H2,1-2H3,(H2,14,15,16). The molecule has 1 aliphatic rings. The summed E-state index contributed by atoms with van der Waals surface area (Å²) in [4.78, 5) is 10.5. The van der Waals surface area contributed by atoms with Gasteiger partial charge in [-0.15, -0.1) is 0 Å². The second-order valence-electron chi connectivity index (χ2n) is 4.97. The average molecular weight is 234 g/mol. The maximum Gasteiger partial charge on any atom is 0.221 e. The minimum atomic E-state index is 0.358. The van der Waals surface area contributed by atoms with Gasteiger partial charge < -0.3 is 10.6 Å². The average Bonchev–Trinajstić information content (AvgIpc) is 2.38. The summed E-state index contributed by atoms with van der Waals surface area (Å²) in [6, 6.07) is 2.54. The van der Waals surface area contributed by atoms with E-state index in [-0.39, 0.29) is 0 Å². The normalized spacial score (nSPS) is 24.6. The van der Waals surface area contributed by atoms with Crippen molar-refractivity contribution in [1.29, 1.82) is 0 Å². The molecule has 0 saturated heterocycles. The van der Waals surface area contributed by atoms with Crippen LogP contribution in [0.4, 0.5) is 11.8 Å². The Morgan fingerprint density at radius 1 is 1.35 bits per heavy atom. The highest BCUT2D eigenvalue weighted by Gasteiger charge is 2.23. The molecule has 1 saturated carbocycles. The van der Waals surface area contributed by atoms with E-state index in [1.807, 2.05) is 6.07 Å². The first-order valence-corrected chi connectivity index (χ1v) is 6.52. The van der Waals surface area contributed by atoms with Gasteiger partial charge in [-0.2, -0.15) is 4.98 Å². The fourth-order valence-electron chi connectivity index (χ4n) is 2.69. The van der Waals surface area contributed by atoms with Crippen molar-refractivity contribution in [2.45, 2.75) is 45.1 Å². The van der Waals surface area contributed by atoms with E-state index >= 15 is 0 Å². The molecular formula is C13H22N4. The van der Waals surface area contributed by atoms with E-state index < -0.39 is 0 Å². The lowest BCUT2D eigenvalue weighted by Crippen LogP contribution is -2.35. The van der Waals surface area contributed by atoms with Gasteiger partial charge in [0.05, 0.1) is 0 Å². The van der Waals surface area contributed by atoms with E-state index in [2.05, 4.69) is 28.8 Å². The number of nitrogens with zero attached hydrogens (tertiary/aromatic N) is 3. The van der Waals surface area contributed by atoms with Gasteiger partial charge in [-0.05, 0) is 37.7 Å². The third kappa shape index (κ3) is 2.87. The molecule has 0 atom stereocenters. The lowest BCUT2D eigenvalue weighted by Gasteiger charge is -2.35. The van der Waals surface area contributed by atoms with E-state index in [1.54, 1.807) is 6.20 Å². The van der Waals surface area contributed by atoms with Crippen molar-refractivity contribution in [3.05, 3.63) is 12.3 Å². The molecule has 0 bridgehead atoms. The molecule has 0 spiro atoms. The molecule has 4 heteroatoms. The molecule has 1 aromatic heterocycles. The number of nitrogens with two attached hydrogens (primary N) is 1. The highest BCUT2D eigenvalue weighted by Crippen LogP contribution is 2.30. The summed E-state index contributed by atoms with van der Waals surface area (Å²) < 4.78 is 0. The second kappa shape index (κ2) is 5.34. The molecule has 4 nitrogen and oxygen atoms in total. The smallest absolute Gasteiger partial charge is 0.221 e. The number of hydrogen-bond donors (Lipinski definition) is 1. The molecule has 0 aliphatic heterocycles. The first kappa shape index (κ1) is 12.1. The molecule has 94 valence electrons. The van der Waals surface area contributed by atoms with Crippen molar-refractivity contribution in [2.24, 2.45) is 5.92 Å². The van der Waals surface area contributed by atoms with E-state index in [1.165, 1.54) is 32.1 Å². The summed E-state index contributed by atoms with van der Waals surface area (Å²) >= 11 is 0. The summed E-state index contributed by atoms with van der Waals surface area (Å²) in [7, 11) is 2.11. The minimum Gasteiger partial charge on any atom is -0.368 e. The number of anilines is 2. The van der Waals surface area contributed by atoms with Crippen molar-refractivity contribution in [3.8, 4) is 0 Å². The maximum absolute atomic E-state index is 5.62. The quantitative estimate of drug-likeness (QED) is 0.873. The first-order chi connectivity index (χ1) is 8.20. The first-order valence-electron chi connectivity index (χ1n) is 6.52. The highest BCUT2D eigenvalue weighted by molar-refractivity contribution is 5.41. The summed E-state index contributed by atoms with van der Waals surface area (Å²) in [6.07, 6.45) is 8.25. The van der Waals surface area contributed by atoms with Crippen molar-refractivity contribution < 1.29 is 0 Å². The van der Waals surface area contributed by atoms with Gasteiger partial charge in [0, 0.05) is 19.3 Å². The van der Waals surface area contributed by atoms with Crippen LogP contribution in [0.15, 0.2) is 12.3 Å². The molecule has 1 heterocycles. The maximum atomic E-state index is 5.62. The van der Waals surface area contributed by atoms with Crippen LogP contribution < -0.4 is 10.6 Å². The van der Waals surface area contributed by atoms with Crippen LogP contribution in [0.5, 0.6) is 0 Å². The number of hydrogen-bond acceptors (Lipinski definition) is 4. The zero-order valence-corrected chi connectivity index (χ0v) is 10.8. The summed E-state index contributed by atoms with van der Waals surface area (Å²) in [6.45, 7) is 2.29. The van der Waals surface area contributed by atoms with Gasteiger partial charge in [-0.3, -0.25) is 0 Å². The predicted molar refractivity (Wildman–Crippen MR) is 70.9 cm³/mol. The number of aromatic nitrogens is 2. The Labute approximate surface area is 103 Å². The van der Waals surface area contributed by atoms with Crippen molar-refractivity contribution in [3.63, 3.8) is 0 Å². The molecule has 0 radical (unpaired) electrons. The Balaban J connectivity index is 1.99. The molecular weight excluding hydrogens is 212 g/mol. The third-order valence-corrected chi connectivity index (χ3v) is 3.96. The molecule has 17 heavy (non-hydrogen) atoms. The Morgan fingerprint density at radius 3 is 2.65 bits per heavy atom.